The van der Waals surface area contributed by atoms with E-state index in [0.29, 0.717) is 6.61 Å². The van der Waals surface area contributed by atoms with Crippen molar-refractivity contribution in [2.75, 3.05) is 19.8 Å². The molecule has 1 N–H and O–H groups in total. The Kier molecular flexibility index (Phi) is 3.99. The lowest BCUT2D eigenvalue weighted by atomic mass is 9.92. The third kappa shape index (κ3) is 3.33. The number of hydrogen-bond donors (Lipinski definition) is 1. The van der Waals surface area contributed by atoms with Crippen molar-refractivity contribution in [3.63, 3.8) is 0 Å². The molecule has 1 atom stereocenters. The van der Waals surface area contributed by atoms with Crippen LogP contribution in [0.5, 0.6) is 5.75 Å². The van der Waals surface area contributed by atoms with Crippen molar-refractivity contribution in [1.29, 1.82) is 0 Å². The van der Waals surface area contributed by atoms with Crippen LogP contribution < -0.4 is 10.1 Å². The molecule has 1 aromatic carbocycles. The molecule has 1 unspecified atom stereocenters. The molecule has 3 rings (SSSR count). The molecule has 20 heavy (non-hydrogen) atoms. The number of rotatable bonds is 3. The summed E-state index contributed by atoms with van der Waals surface area (Å²) in [5.41, 5.74) is 3.02. The smallest absolute Gasteiger partial charge is 0.119 e. The Hall–Kier alpha value is -1.06. The summed E-state index contributed by atoms with van der Waals surface area (Å²) in [6, 6.07) is 6.84. The predicted molar refractivity (Wildman–Crippen MR) is 80.4 cm³/mol. The summed E-state index contributed by atoms with van der Waals surface area (Å²) < 4.78 is 11.6. The molecule has 3 nitrogen and oxygen atoms in total. The van der Waals surface area contributed by atoms with Gasteiger partial charge in [0.1, 0.15) is 12.4 Å². The maximum Gasteiger partial charge on any atom is 0.119 e. The highest BCUT2D eigenvalue weighted by molar-refractivity contribution is 5.37. The molecule has 1 aliphatic heterocycles. The molecule has 1 saturated heterocycles. The zero-order valence-corrected chi connectivity index (χ0v) is 12.6. The summed E-state index contributed by atoms with van der Waals surface area (Å²) in [6.07, 6.45) is 5.06. The van der Waals surface area contributed by atoms with Crippen LogP contribution in [0.25, 0.3) is 0 Å². The highest BCUT2D eigenvalue weighted by Gasteiger charge is 2.28. The van der Waals surface area contributed by atoms with Gasteiger partial charge in [0, 0.05) is 5.54 Å². The first-order valence-electron chi connectivity index (χ1n) is 7.72. The molecule has 1 aromatic rings. The third-order valence-electron chi connectivity index (χ3n) is 4.15. The highest BCUT2D eigenvalue weighted by atomic mass is 16.5. The lowest BCUT2D eigenvalue weighted by molar-refractivity contribution is 0.000938. The van der Waals surface area contributed by atoms with Crippen molar-refractivity contribution in [3.05, 3.63) is 29.3 Å². The van der Waals surface area contributed by atoms with Gasteiger partial charge in [-0.05, 0) is 62.8 Å². The summed E-state index contributed by atoms with van der Waals surface area (Å²) in [6.45, 7) is 6.50. The van der Waals surface area contributed by atoms with E-state index < -0.39 is 0 Å². The van der Waals surface area contributed by atoms with Crippen molar-refractivity contribution >= 4 is 0 Å². The number of aryl methyl sites for hydroxylation is 2. The molecule has 0 aromatic heterocycles. The molecule has 2 aliphatic rings. The third-order valence-corrected chi connectivity index (χ3v) is 4.15. The Morgan fingerprint density at radius 2 is 2.05 bits per heavy atom. The Morgan fingerprint density at radius 3 is 2.85 bits per heavy atom. The molecule has 1 aliphatic carbocycles. The van der Waals surface area contributed by atoms with Gasteiger partial charge < -0.3 is 14.8 Å². The van der Waals surface area contributed by atoms with Gasteiger partial charge >= 0.3 is 0 Å². The number of fused-ring (bicyclic) bond motifs is 1. The fourth-order valence-electron chi connectivity index (χ4n) is 3.18. The minimum absolute atomic E-state index is 0.0438. The molecular weight excluding hydrogens is 250 g/mol. The molecular formula is C17H25NO2. The molecule has 0 amide bonds. The minimum Gasteiger partial charge on any atom is -0.492 e. The Bertz CT molecular complexity index is 470. The first kappa shape index (κ1) is 13.9. The normalized spacial score (nSPS) is 25.0. The van der Waals surface area contributed by atoms with Crippen molar-refractivity contribution in [1.82, 2.24) is 5.32 Å². The maximum atomic E-state index is 5.96. The van der Waals surface area contributed by atoms with Gasteiger partial charge in [0.15, 0.2) is 0 Å². The van der Waals surface area contributed by atoms with Crippen LogP contribution in [0, 0.1) is 0 Å². The summed E-state index contributed by atoms with van der Waals surface area (Å²) in [5, 5.41) is 3.58. The van der Waals surface area contributed by atoms with E-state index in [-0.39, 0.29) is 11.6 Å². The second kappa shape index (κ2) is 5.74. The lowest BCUT2D eigenvalue weighted by Crippen LogP contribution is -2.57. The van der Waals surface area contributed by atoms with Gasteiger partial charge in [0.2, 0.25) is 0 Å². The number of benzene rings is 1. The van der Waals surface area contributed by atoms with Crippen molar-refractivity contribution < 1.29 is 9.47 Å². The van der Waals surface area contributed by atoms with Gasteiger partial charge in [-0.3, -0.25) is 0 Å². The number of nitrogens with one attached hydrogen (secondary N) is 1. The van der Waals surface area contributed by atoms with Gasteiger partial charge in [-0.25, -0.2) is 0 Å². The number of ether oxygens (including phenoxy) is 2. The van der Waals surface area contributed by atoms with Crippen LogP contribution in [0.4, 0.5) is 0 Å². The standard InChI is InChI=1S/C17H25NO2/c1-17(2)12-19-10-15(18-17)11-20-16-8-7-13-5-3-4-6-14(13)9-16/h7-9,15,18H,3-6,10-12H2,1-2H3. The molecule has 0 saturated carbocycles. The molecule has 110 valence electrons. The average Bonchev–Trinajstić information content (AvgIpc) is 2.44. The lowest BCUT2D eigenvalue weighted by Gasteiger charge is -2.36. The first-order chi connectivity index (χ1) is 9.62. The first-order valence-corrected chi connectivity index (χ1v) is 7.72. The van der Waals surface area contributed by atoms with Crippen LogP contribution in [-0.4, -0.2) is 31.4 Å². The number of hydrogen-bond acceptors (Lipinski definition) is 3. The average molecular weight is 275 g/mol. The van der Waals surface area contributed by atoms with Gasteiger partial charge in [0.25, 0.3) is 0 Å². The summed E-state index contributed by atoms with van der Waals surface area (Å²) in [4.78, 5) is 0. The zero-order valence-electron chi connectivity index (χ0n) is 12.6. The largest absolute Gasteiger partial charge is 0.492 e. The monoisotopic (exact) mass is 275 g/mol. The Morgan fingerprint density at radius 1 is 1.25 bits per heavy atom. The van der Waals surface area contributed by atoms with Crippen LogP contribution in [0.1, 0.15) is 37.8 Å². The molecule has 1 fully saturated rings. The fraction of sp³-hybridized carbons (Fsp3) is 0.647. The van der Waals surface area contributed by atoms with Gasteiger partial charge in [-0.1, -0.05) is 6.07 Å². The van der Waals surface area contributed by atoms with E-state index in [1.54, 1.807) is 0 Å². The molecule has 0 radical (unpaired) electrons. The fourth-order valence-corrected chi connectivity index (χ4v) is 3.18. The molecule has 1 heterocycles. The molecule has 3 heteroatoms. The van der Waals surface area contributed by atoms with E-state index in [1.165, 1.54) is 36.8 Å². The van der Waals surface area contributed by atoms with Crippen molar-refractivity contribution in [2.45, 2.75) is 51.1 Å². The second-order valence-corrected chi connectivity index (χ2v) is 6.69. The number of morpholine rings is 1. The van der Waals surface area contributed by atoms with E-state index in [1.807, 2.05) is 0 Å². The van der Waals surface area contributed by atoms with Gasteiger partial charge in [-0.2, -0.15) is 0 Å². The van der Waals surface area contributed by atoms with E-state index in [0.717, 1.165) is 19.0 Å². The van der Waals surface area contributed by atoms with E-state index in [4.69, 9.17) is 9.47 Å². The molecule has 0 bridgehead atoms. The van der Waals surface area contributed by atoms with E-state index in [9.17, 15) is 0 Å². The van der Waals surface area contributed by atoms with Gasteiger partial charge in [0.05, 0.1) is 19.3 Å². The Labute approximate surface area is 121 Å². The van der Waals surface area contributed by atoms with E-state index >= 15 is 0 Å². The second-order valence-electron chi connectivity index (χ2n) is 6.69. The van der Waals surface area contributed by atoms with Crippen LogP contribution in [-0.2, 0) is 17.6 Å². The van der Waals surface area contributed by atoms with E-state index in [2.05, 4.69) is 37.4 Å². The SMILES string of the molecule is CC1(C)COCC(COc2ccc3c(c2)CCCC3)N1. The maximum absolute atomic E-state index is 5.96. The summed E-state index contributed by atoms with van der Waals surface area (Å²) >= 11 is 0. The van der Waals surface area contributed by atoms with Crippen molar-refractivity contribution in [2.24, 2.45) is 0 Å². The van der Waals surface area contributed by atoms with Crippen LogP contribution in [0.3, 0.4) is 0 Å². The zero-order chi connectivity index (χ0) is 14.0. The van der Waals surface area contributed by atoms with Crippen molar-refractivity contribution in [3.8, 4) is 5.75 Å². The topological polar surface area (TPSA) is 30.5 Å². The van der Waals surface area contributed by atoms with Gasteiger partial charge in [-0.15, -0.1) is 0 Å². The summed E-state index contributed by atoms with van der Waals surface area (Å²) in [7, 11) is 0. The Balaban J connectivity index is 1.58. The summed E-state index contributed by atoms with van der Waals surface area (Å²) in [5.74, 6) is 0.996. The van der Waals surface area contributed by atoms with Crippen LogP contribution in [0.15, 0.2) is 18.2 Å². The van der Waals surface area contributed by atoms with Crippen LogP contribution in [0.2, 0.25) is 0 Å². The predicted octanol–water partition coefficient (Wildman–Crippen LogP) is 2.71. The highest BCUT2D eigenvalue weighted by Crippen LogP contribution is 2.25. The quantitative estimate of drug-likeness (QED) is 0.920. The molecule has 0 spiro atoms. The van der Waals surface area contributed by atoms with Crippen LogP contribution >= 0.6 is 0 Å². The minimum atomic E-state index is 0.0438.